The molecular weight excluding hydrogens is 323 g/mol. The van der Waals surface area contributed by atoms with Gasteiger partial charge in [0.15, 0.2) is 6.54 Å². The number of hydrogen-bond acceptors (Lipinski definition) is 3. The quantitative estimate of drug-likeness (QED) is 0.840. The molecule has 0 heterocycles. The van der Waals surface area contributed by atoms with E-state index in [4.69, 9.17) is 0 Å². The van der Waals surface area contributed by atoms with Crippen LogP contribution in [0.4, 0.5) is 9.18 Å². The Morgan fingerprint density at radius 3 is 2.48 bits per heavy atom. The number of carbonyl (C=O) groups is 2. The fraction of sp³-hybridized carbons (Fsp3) is 0.263. The van der Waals surface area contributed by atoms with Crippen molar-refractivity contribution in [1.82, 2.24) is 5.32 Å². The third-order valence-electron chi connectivity index (χ3n) is 3.92. The maximum atomic E-state index is 13.6. The van der Waals surface area contributed by atoms with Crippen LogP contribution in [0.25, 0.3) is 0 Å². The van der Waals surface area contributed by atoms with E-state index in [2.05, 4.69) is 17.0 Å². The standard InChI is InChI=1S/C19H21FN2O3/c1-3-13-7-9-14(10-8-13)18(15-5-4-6-16(20)11-15)21-12-17(23)22-19(24)25-2/h4-11,18,21H,3,12H2,1-2H3,(H,22,23,24)/p+1/t18-/m0/s1. The molecule has 5 nitrogen and oxygen atoms in total. The number of ether oxygens (including phenoxy) is 1. The molecule has 2 amide bonds. The summed E-state index contributed by atoms with van der Waals surface area (Å²) in [5.41, 5.74) is 2.90. The molecule has 0 radical (unpaired) electrons. The zero-order valence-corrected chi connectivity index (χ0v) is 14.3. The zero-order valence-electron chi connectivity index (χ0n) is 14.3. The number of hydrogen-bond donors (Lipinski definition) is 2. The van der Waals surface area contributed by atoms with Crippen LogP contribution in [0.5, 0.6) is 0 Å². The van der Waals surface area contributed by atoms with Crippen molar-refractivity contribution in [2.45, 2.75) is 19.4 Å². The molecule has 3 N–H and O–H groups in total. The Balaban J connectivity index is 2.20. The highest BCUT2D eigenvalue weighted by molar-refractivity contribution is 5.92. The van der Waals surface area contributed by atoms with Crippen molar-refractivity contribution in [1.29, 1.82) is 0 Å². The topological polar surface area (TPSA) is 72.0 Å². The van der Waals surface area contributed by atoms with Crippen LogP contribution in [0.1, 0.15) is 29.7 Å². The van der Waals surface area contributed by atoms with Crippen molar-refractivity contribution in [3.63, 3.8) is 0 Å². The van der Waals surface area contributed by atoms with E-state index < -0.39 is 12.0 Å². The Kier molecular flexibility index (Phi) is 6.65. The molecule has 132 valence electrons. The van der Waals surface area contributed by atoms with E-state index in [9.17, 15) is 14.0 Å². The minimum Gasteiger partial charge on any atom is -0.453 e. The Labute approximate surface area is 146 Å². The fourth-order valence-electron chi connectivity index (χ4n) is 2.57. The number of imide groups is 1. The second-order valence-corrected chi connectivity index (χ2v) is 5.61. The molecule has 2 aromatic rings. The summed E-state index contributed by atoms with van der Waals surface area (Å²) >= 11 is 0. The molecule has 1 atom stereocenters. The van der Waals surface area contributed by atoms with E-state index in [-0.39, 0.29) is 18.4 Å². The number of amides is 2. The van der Waals surface area contributed by atoms with E-state index >= 15 is 0 Å². The van der Waals surface area contributed by atoms with Gasteiger partial charge in [-0.15, -0.1) is 0 Å². The lowest BCUT2D eigenvalue weighted by atomic mass is 9.97. The first kappa shape index (κ1) is 18.6. The highest BCUT2D eigenvalue weighted by atomic mass is 19.1. The summed E-state index contributed by atoms with van der Waals surface area (Å²) < 4.78 is 18.0. The number of halogens is 1. The Morgan fingerprint density at radius 1 is 1.16 bits per heavy atom. The summed E-state index contributed by atoms with van der Waals surface area (Å²) in [5.74, 6) is -0.807. The molecule has 0 spiro atoms. The van der Waals surface area contributed by atoms with Gasteiger partial charge in [-0.1, -0.05) is 43.3 Å². The summed E-state index contributed by atoms with van der Waals surface area (Å²) in [4.78, 5) is 22.9. The van der Waals surface area contributed by atoms with Crippen LogP contribution in [0.2, 0.25) is 0 Å². The van der Waals surface area contributed by atoms with Gasteiger partial charge in [0.25, 0.3) is 5.91 Å². The van der Waals surface area contributed by atoms with Crippen LogP contribution < -0.4 is 10.6 Å². The van der Waals surface area contributed by atoms with Crippen molar-refractivity contribution in [3.8, 4) is 0 Å². The minimum absolute atomic E-state index is 0.00576. The second-order valence-electron chi connectivity index (χ2n) is 5.61. The van der Waals surface area contributed by atoms with Crippen molar-refractivity contribution in [2.75, 3.05) is 13.7 Å². The molecule has 0 bridgehead atoms. The lowest BCUT2D eigenvalue weighted by molar-refractivity contribution is -0.676. The van der Waals surface area contributed by atoms with Gasteiger partial charge in [0.2, 0.25) is 0 Å². The zero-order chi connectivity index (χ0) is 18.2. The van der Waals surface area contributed by atoms with Gasteiger partial charge in [-0.05, 0) is 24.1 Å². The van der Waals surface area contributed by atoms with Gasteiger partial charge in [-0.25, -0.2) is 9.18 Å². The number of aryl methyl sites for hydroxylation is 1. The smallest absolute Gasteiger partial charge is 0.413 e. The van der Waals surface area contributed by atoms with Gasteiger partial charge in [-0.2, -0.15) is 0 Å². The number of alkyl carbamates (subject to hydrolysis) is 1. The first-order chi connectivity index (χ1) is 12.0. The predicted molar refractivity (Wildman–Crippen MR) is 91.4 cm³/mol. The largest absolute Gasteiger partial charge is 0.453 e. The van der Waals surface area contributed by atoms with Crippen LogP contribution in [-0.2, 0) is 16.0 Å². The van der Waals surface area contributed by atoms with E-state index in [0.29, 0.717) is 0 Å². The second kappa shape index (κ2) is 8.94. The molecular formula is C19H22FN2O3+. The fourth-order valence-corrected chi connectivity index (χ4v) is 2.57. The average molecular weight is 345 g/mol. The van der Waals surface area contributed by atoms with Gasteiger partial charge in [0, 0.05) is 11.1 Å². The van der Waals surface area contributed by atoms with Crippen LogP contribution in [-0.4, -0.2) is 25.7 Å². The van der Waals surface area contributed by atoms with Gasteiger partial charge >= 0.3 is 6.09 Å². The monoisotopic (exact) mass is 345 g/mol. The molecule has 2 aromatic carbocycles. The van der Waals surface area contributed by atoms with Crippen LogP contribution in [0.3, 0.4) is 0 Å². The number of rotatable bonds is 6. The van der Waals surface area contributed by atoms with E-state index in [1.165, 1.54) is 24.8 Å². The van der Waals surface area contributed by atoms with Gasteiger partial charge in [0.1, 0.15) is 11.9 Å². The number of quaternary nitrogens is 1. The third kappa shape index (κ3) is 5.39. The number of methoxy groups -OCH3 is 1. The molecule has 0 fully saturated rings. The van der Waals surface area contributed by atoms with Crippen LogP contribution in [0.15, 0.2) is 48.5 Å². The molecule has 0 saturated carbocycles. The molecule has 0 aromatic heterocycles. The maximum absolute atomic E-state index is 13.6. The summed E-state index contributed by atoms with van der Waals surface area (Å²) in [5, 5.41) is 3.87. The van der Waals surface area contributed by atoms with Gasteiger partial charge < -0.3 is 10.1 Å². The molecule has 0 aliphatic heterocycles. The van der Waals surface area contributed by atoms with E-state index in [0.717, 1.165) is 17.5 Å². The third-order valence-corrected chi connectivity index (χ3v) is 3.92. The number of benzene rings is 2. The van der Waals surface area contributed by atoms with E-state index in [1.54, 1.807) is 11.4 Å². The number of nitrogens with one attached hydrogen (secondary N) is 1. The highest BCUT2D eigenvalue weighted by Gasteiger charge is 2.20. The molecule has 0 saturated heterocycles. The first-order valence-corrected chi connectivity index (χ1v) is 8.09. The maximum Gasteiger partial charge on any atom is 0.413 e. The molecule has 0 aliphatic carbocycles. The molecule has 0 unspecified atom stereocenters. The Bertz CT molecular complexity index is 732. The number of carbonyl (C=O) groups excluding carboxylic acids is 2. The van der Waals surface area contributed by atoms with Gasteiger partial charge in [-0.3, -0.25) is 10.1 Å². The van der Waals surface area contributed by atoms with Crippen LogP contribution in [0, 0.1) is 5.82 Å². The lowest BCUT2D eigenvalue weighted by Crippen LogP contribution is -2.87. The predicted octanol–water partition coefficient (Wildman–Crippen LogP) is 1.92. The SMILES string of the molecule is CCc1ccc([C@H]([NH2+]CC(=O)NC(=O)OC)c2cccc(F)c2)cc1. The highest BCUT2D eigenvalue weighted by Crippen LogP contribution is 2.20. The summed E-state index contributed by atoms with van der Waals surface area (Å²) in [7, 11) is 1.19. The van der Waals surface area contributed by atoms with Crippen molar-refractivity contribution in [3.05, 3.63) is 71.0 Å². The minimum atomic E-state index is -0.798. The summed E-state index contributed by atoms with van der Waals surface area (Å²) in [6.45, 7) is 2.08. The molecule has 2 rings (SSSR count). The average Bonchev–Trinajstić information content (AvgIpc) is 2.62. The van der Waals surface area contributed by atoms with Crippen molar-refractivity contribution >= 4 is 12.0 Å². The molecule has 6 heteroatoms. The summed E-state index contributed by atoms with van der Waals surface area (Å²) in [6, 6.07) is 14.0. The van der Waals surface area contributed by atoms with Crippen molar-refractivity contribution in [2.24, 2.45) is 0 Å². The Morgan fingerprint density at radius 2 is 1.88 bits per heavy atom. The number of nitrogens with two attached hydrogens (primary N) is 1. The van der Waals surface area contributed by atoms with Crippen molar-refractivity contribution < 1.29 is 24.0 Å². The Hall–Kier alpha value is -2.73. The summed E-state index contributed by atoms with van der Waals surface area (Å²) in [6.07, 6.45) is 0.129. The van der Waals surface area contributed by atoms with E-state index in [1.807, 2.05) is 30.3 Å². The van der Waals surface area contributed by atoms with Crippen LogP contribution >= 0.6 is 0 Å². The molecule has 25 heavy (non-hydrogen) atoms. The molecule has 0 aliphatic rings. The van der Waals surface area contributed by atoms with Gasteiger partial charge in [0.05, 0.1) is 7.11 Å². The lowest BCUT2D eigenvalue weighted by Gasteiger charge is -2.17. The normalized spacial score (nSPS) is 11.6. The first-order valence-electron chi connectivity index (χ1n) is 8.09.